The van der Waals surface area contributed by atoms with Gasteiger partial charge in [0.2, 0.25) is 0 Å². The normalized spacial score (nSPS) is 12.0. The zero-order valence-electron chi connectivity index (χ0n) is 12.2. The second-order valence-corrected chi connectivity index (χ2v) is 4.75. The summed E-state index contributed by atoms with van der Waals surface area (Å²) in [6, 6.07) is 11.6. The number of aliphatic hydroxyl groups excluding tert-OH is 1. The number of hydrogen-bond acceptors (Lipinski definition) is 3. The first-order valence-corrected chi connectivity index (χ1v) is 6.99. The fourth-order valence-corrected chi connectivity index (χ4v) is 1.96. The van der Waals surface area contributed by atoms with Crippen molar-refractivity contribution in [2.75, 3.05) is 6.61 Å². The van der Waals surface area contributed by atoms with Crippen LogP contribution in [-0.4, -0.2) is 11.7 Å². The van der Waals surface area contributed by atoms with Crippen LogP contribution in [0.4, 0.5) is 4.39 Å². The molecule has 0 aliphatic rings. The lowest BCUT2D eigenvalue weighted by molar-refractivity contribution is 0.190. The first-order chi connectivity index (χ1) is 10.1. The average molecular weight is 290 g/mol. The molecule has 2 aromatic rings. The van der Waals surface area contributed by atoms with Crippen LogP contribution in [0.1, 0.15) is 31.9 Å². The van der Waals surface area contributed by atoms with Crippen LogP contribution in [0.15, 0.2) is 42.5 Å². The van der Waals surface area contributed by atoms with Crippen LogP contribution in [0.25, 0.3) is 0 Å². The second kappa shape index (κ2) is 7.09. The molecule has 21 heavy (non-hydrogen) atoms. The minimum absolute atomic E-state index is 0.156. The smallest absolute Gasteiger partial charge is 0.136 e. The highest BCUT2D eigenvalue weighted by atomic mass is 19.1. The minimum Gasteiger partial charge on any atom is -0.494 e. The molecule has 0 aliphatic heterocycles. The topological polar surface area (TPSA) is 38.7 Å². The predicted octanol–water partition coefficient (Wildman–Crippen LogP) is 4.46. The Balaban J connectivity index is 2.17. The van der Waals surface area contributed by atoms with Crippen molar-refractivity contribution >= 4 is 0 Å². The Hall–Kier alpha value is -2.07. The maximum atomic E-state index is 13.7. The molecule has 0 aliphatic carbocycles. The highest BCUT2D eigenvalue weighted by molar-refractivity contribution is 5.41. The van der Waals surface area contributed by atoms with E-state index in [0.717, 1.165) is 12.2 Å². The van der Waals surface area contributed by atoms with Crippen molar-refractivity contribution in [1.82, 2.24) is 0 Å². The van der Waals surface area contributed by atoms with Crippen LogP contribution >= 0.6 is 0 Å². The highest BCUT2D eigenvalue weighted by Crippen LogP contribution is 2.32. The number of aliphatic hydroxyl groups is 1. The van der Waals surface area contributed by atoms with E-state index < -0.39 is 11.9 Å². The molecule has 0 amide bonds. The standard InChI is InChI=1S/C17H19FO3/c1-3-11-20-13-7-9-14(10-8-13)21-16-6-4-5-15(18)17(16)12(2)19/h4-10,12,19H,3,11H2,1-2H3/t12-/m0/s1. The largest absolute Gasteiger partial charge is 0.494 e. The van der Waals surface area contributed by atoms with Gasteiger partial charge in [-0.2, -0.15) is 0 Å². The molecule has 1 atom stereocenters. The summed E-state index contributed by atoms with van der Waals surface area (Å²) in [7, 11) is 0. The van der Waals surface area contributed by atoms with Crippen LogP contribution in [0.5, 0.6) is 17.2 Å². The number of hydrogen-bond donors (Lipinski definition) is 1. The van der Waals surface area contributed by atoms with Gasteiger partial charge in [0.15, 0.2) is 0 Å². The van der Waals surface area contributed by atoms with E-state index in [1.54, 1.807) is 36.4 Å². The van der Waals surface area contributed by atoms with Gasteiger partial charge >= 0.3 is 0 Å². The van der Waals surface area contributed by atoms with Crippen molar-refractivity contribution in [3.8, 4) is 17.2 Å². The lowest BCUT2D eigenvalue weighted by Gasteiger charge is -2.14. The van der Waals surface area contributed by atoms with Gasteiger partial charge in [-0.15, -0.1) is 0 Å². The van der Waals surface area contributed by atoms with Crippen LogP contribution in [0.3, 0.4) is 0 Å². The minimum atomic E-state index is -0.937. The quantitative estimate of drug-likeness (QED) is 0.853. The van der Waals surface area contributed by atoms with Crippen molar-refractivity contribution < 1.29 is 19.0 Å². The fourth-order valence-electron chi connectivity index (χ4n) is 1.96. The van der Waals surface area contributed by atoms with Crippen molar-refractivity contribution in [3.05, 3.63) is 53.8 Å². The lowest BCUT2D eigenvalue weighted by Crippen LogP contribution is -2.00. The van der Waals surface area contributed by atoms with Crippen LogP contribution in [0.2, 0.25) is 0 Å². The molecular weight excluding hydrogens is 271 g/mol. The number of halogens is 1. The molecule has 0 saturated carbocycles. The summed E-state index contributed by atoms with van der Waals surface area (Å²) in [5.41, 5.74) is 0.156. The second-order valence-electron chi connectivity index (χ2n) is 4.75. The van der Waals surface area contributed by atoms with Gasteiger partial charge in [0, 0.05) is 0 Å². The Bertz CT molecular complexity index is 579. The third kappa shape index (κ3) is 3.95. The van der Waals surface area contributed by atoms with Gasteiger partial charge in [-0.05, 0) is 49.7 Å². The van der Waals surface area contributed by atoms with Crippen molar-refractivity contribution in [1.29, 1.82) is 0 Å². The third-order valence-corrected chi connectivity index (χ3v) is 2.96. The van der Waals surface area contributed by atoms with Gasteiger partial charge in [0.1, 0.15) is 23.1 Å². The summed E-state index contributed by atoms with van der Waals surface area (Å²) in [5, 5.41) is 9.66. The van der Waals surface area contributed by atoms with E-state index in [0.29, 0.717) is 18.1 Å². The summed E-state index contributed by atoms with van der Waals surface area (Å²) in [4.78, 5) is 0. The Labute approximate surface area is 124 Å². The Morgan fingerprint density at radius 3 is 2.38 bits per heavy atom. The van der Waals surface area contributed by atoms with Crippen LogP contribution in [0, 0.1) is 5.82 Å². The van der Waals surface area contributed by atoms with Gasteiger partial charge < -0.3 is 14.6 Å². The maximum Gasteiger partial charge on any atom is 0.136 e. The number of rotatable bonds is 6. The van der Waals surface area contributed by atoms with Crippen molar-refractivity contribution in [2.24, 2.45) is 0 Å². The van der Waals surface area contributed by atoms with Crippen molar-refractivity contribution in [2.45, 2.75) is 26.4 Å². The monoisotopic (exact) mass is 290 g/mol. The highest BCUT2D eigenvalue weighted by Gasteiger charge is 2.15. The predicted molar refractivity (Wildman–Crippen MR) is 79.3 cm³/mol. The molecule has 0 heterocycles. The van der Waals surface area contributed by atoms with E-state index in [-0.39, 0.29) is 5.56 Å². The zero-order valence-corrected chi connectivity index (χ0v) is 12.2. The molecule has 4 heteroatoms. The molecule has 1 N–H and O–H groups in total. The van der Waals surface area contributed by atoms with Gasteiger partial charge in [-0.1, -0.05) is 13.0 Å². The van der Waals surface area contributed by atoms with Gasteiger partial charge in [0.05, 0.1) is 18.3 Å². The van der Waals surface area contributed by atoms with Crippen molar-refractivity contribution in [3.63, 3.8) is 0 Å². The summed E-state index contributed by atoms with van der Waals surface area (Å²) < 4.78 is 24.9. The average Bonchev–Trinajstić information content (AvgIpc) is 2.46. The van der Waals surface area contributed by atoms with Gasteiger partial charge in [0.25, 0.3) is 0 Å². The molecule has 2 rings (SSSR count). The molecule has 0 saturated heterocycles. The molecule has 2 aromatic carbocycles. The molecule has 0 unspecified atom stereocenters. The summed E-state index contributed by atoms with van der Waals surface area (Å²) in [5.74, 6) is 1.16. The van der Waals surface area contributed by atoms with E-state index in [1.807, 2.05) is 6.92 Å². The summed E-state index contributed by atoms with van der Waals surface area (Å²) in [6.07, 6.45) is 0.00704. The SMILES string of the molecule is CCCOc1ccc(Oc2cccc(F)c2[C@H](C)O)cc1. The van der Waals surface area contributed by atoms with Crippen LogP contribution in [-0.2, 0) is 0 Å². The van der Waals surface area contributed by atoms with Gasteiger partial charge in [-0.3, -0.25) is 0 Å². The summed E-state index contributed by atoms with van der Waals surface area (Å²) >= 11 is 0. The molecule has 0 spiro atoms. The molecule has 0 aromatic heterocycles. The molecule has 112 valence electrons. The fraction of sp³-hybridized carbons (Fsp3) is 0.294. The first-order valence-electron chi connectivity index (χ1n) is 6.99. The molecule has 0 radical (unpaired) electrons. The van der Waals surface area contributed by atoms with Crippen LogP contribution < -0.4 is 9.47 Å². The Morgan fingerprint density at radius 2 is 1.76 bits per heavy atom. The third-order valence-electron chi connectivity index (χ3n) is 2.96. The van der Waals surface area contributed by atoms with E-state index in [4.69, 9.17) is 9.47 Å². The van der Waals surface area contributed by atoms with E-state index in [9.17, 15) is 9.50 Å². The van der Waals surface area contributed by atoms with E-state index in [1.165, 1.54) is 13.0 Å². The molecule has 0 bridgehead atoms. The lowest BCUT2D eigenvalue weighted by atomic mass is 10.1. The van der Waals surface area contributed by atoms with Gasteiger partial charge in [-0.25, -0.2) is 4.39 Å². The Kier molecular flexibility index (Phi) is 5.17. The summed E-state index contributed by atoms with van der Waals surface area (Å²) in [6.45, 7) is 4.21. The molecular formula is C17H19FO3. The first kappa shape index (κ1) is 15.3. The van der Waals surface area contributed by atoms with E-state index in [2.05, 4.69) is 0 Å². The number of benzene rings is 2. The molecule has 0 fully saturated rings. The van der Waals surface area contributed by atoms with E-state index >= 15 is 0 Å². The maximum absolute atomic E-state index is 13.7. The number of ether oxygens (including phenoxy) is 2. The zero-order chi connectivity index (χ0) is 15.2. The molecule has 3 nitrogen and oxygen atoms in total. The Morgan fingerprint density at radius 1 is 1.10 bits per heavy atom.